The van der Waals surface area contributed by atoms with Crippen molar-refractivity contribution < 1.29 is 13.6 Å². The molecule has 1 amide bonds. The number of alkyl halides is 2. The molecule has 1 N–H and O–H groups in total. The van der Waals surface area contributed by atoms with E-state index in [2.05, 4.69) is 16.9 Å². The summed E-state index contributed by atoms with van der Waals surface area (Å²) < 4.78 is 26.2. The van der Waals surface area contributed by atoms with Gasteiger partial charge in [-0.05, 0) is 35.7 Å². The molecule has 0 fully saturated rings. The lowest BCUT2D eigenvalue weighted by Crippen LogP contribution is -2.23. The zero-order valence-corrected chi connectivity index (χ0v) is 16.9. The number of thiophene rings is 1. The molecule has 2 heterocycles. The highest BCUT2D eigenvalue weighted by Crippen LogP contribution is 2.26. The highest BCUT2D eigenvalue weighted by atomic mass is 32.2. The predicted molar refractivity (Wildman–Crippen MR) is 112 cm³/mol. The van der Waals surface area contributed by atoms with Crippen molar-refractivity contribution in [1.29, 1.82) is 0 Å². The Hall–Kier alpha value is -2.17. The van der Waals surface area contributed by atoms with Crippen LogP contribution in [0.25, 0.3) is 10.2 Å². The van der Waals surface area contributed by atoms with Crippen molar-refractivity contribution in [2.75, 3.05) is 11.1 Å². The van der Waals surface area contributed by atoms with Crippen molar-refractivity contribution in [3.05, 3.63) is 58.7 Å². The smallest absolute Gasteiger partial charge is 0.288 e. The quantitative estimate of drug-likeness (QED) is 0.313. The molecule has 5 nitrogen and oxygen atoms in total. The zero-order chi connectivity index (χ0) is 20.1. The number of carbonyl (C=O) groups excluding carboxylic acids is 1. The number of aromatic nitrogens is 2. The Morgan fingerprint density at radius 3 is 2.75 bits per heavy atom. The molecule has 0 aliphatic carbocycles. The van der Waals surface area contributed by atoms with Crippen molar-refractivity contribution in [2.24, 2.45) is 0 Å². The number of hydrogen-bond acceptors (Lipinski definition) is 6. The molecule has 0 atom stereocenters. The molecule has 3 rings (SSSR count). The van der Waals surface area contributed by atoms with Gasteiger partial charge in [0.1, 0.15) is 4.83 Å². The normalized spacial score (nSPS) is 11.1. The summed E-state index contributed by atoms with van der Waals surface area (Å²) in [6.07, 6.45) is 1.60. The van der Waals surface area contributed by atoms with Crippen LogP contribution in [0.5, 0.6) is 0 Å². The summed E-state index contributed by atoms with van der Waals surface area (Å²) in [5.74, 6) is -2.73. The summed E-state index contributed by atoms with van der Waals surface area (Å²) in [6.45, 7) is 3.96. The number of fused-ring (bicyclic) bond motifs is 1. The molecule has 0 aliphatic heterocycles. The molecule has 1 aromatic carbocycles. The standard InChI is InChI=1S/C18H15F2N3O2S3/c1-2-8-23-16(25)13-7-9-26-15(13)22-18(23)27-10-14(24)21-11-3-5-12(6-4-11)28-17(19)20/h2-7,9,17H,1,8,10H2,(H,21,24). The van der Waals surface area contributed by atoms with E-state index in [1.165, 1.54) is 28.0 Å². The van der Waals surface area contributed by atoms with Crippen LogP contribution in [0, 0.1) is 0 Å². The summed E-state index contributed by atoms with van der Waals surface area (Å²) in [4.78, 5) is 30.3. The third-order valence-electron chi connectivity index (χ3n) is 3.56. The Bertz CT molecular complexity index is 1050. The minimum atomic E-state index is -2.49. The minimum Gasteiger partial charge on any atom is -0.325 e. The highest BCUT2D eigenvalue weighted by molar-refractivity contribution is 8.00. The van der Waals surface area contributed by atoms with E-state index in [0.717, 1.165) is 11.8 Å². The lowest BCUT2D eigenvalue weighted by Gasteiger charge is -2.10. The molecule has 0 bridgehead atoms. The van der Waals surface area contributed by atoms with Crippen molar-refractivity contribution in [3.63, 3.8) is 0 Å². The van der Waals surface area contributed by atoms with Gasteiger partial charge in [0.05, 0.1) is 11.1 Å². The monoisotopic (exact) mass is 439 g/mol. The summed E-state index contributed by atoms with van der Waals surface area (Å²) >= 11 is 2.96. The number of amides is 1. The van der Waals surface area contributed by atoms with Crippen LogP contribution in [0.15, 0.2) is 63.2 Å². The first kappa shape index (κ1) is 20.6. The molecular weight excluding hydrogens is 424 g/mol. The molecule has 0 radical (unpaired) electrons. The van der Waals surface area contributed by atoms with E-state index in [4.69, 9.17) is 0 Å². The molecule has 0 saturated carbocycles. The fourth-order valence-corrected chi connectivity index (χ4v) is 4.49. The fourth-order valence-electron chi connectivity index (χ4n) is 2.38. The van der Waals surface area contributed by atoms with E-state index >= 15 is 0 Å². The Balaban J connectivity index is 1.68. The number of halogens is 2. The van der Waals surface area contributed by atoms with Gasteiger partial charge in [0.2, 0.25) is 5.91 Å². The van der Waals surface area contributed by atoms with Crippen LogP contribution in [0.1, 0.15) is 0 Å². The van der Waals surface area contributed by atoms with Crippen molar-refractivity contribution in [2.45, 2.75) is 22.4 Å². The Morgan fingerprint density at radius 2 is 2.07 bits per heavy atom. The zero-order valence-electron chi connectivity index (χ0n) is 14.4. The van der Waals surface area contributed by atoms with Crippen LogP contribution in [0.3, 0.4) is 0 Å². The number of nitrogens with zero attached hydrogens (tertiary/aromatic N) is 2. The molecule has 2 aromatic heterocycles. The SMILES string of the molecule is C=CCn1c(SCC(=O)Nc2ccc(SC(F)F)cc2)nc2sccc2c1=O. The summed E-state index contributed by atoms with van der Waals surface area (Å²) in [7, 11) is 0. The molecule has 10 heteroatoms. The second-order valence-electron chi connectivity index (χ2n) is 5.48. The average Bonchev–Trinajstić information content (AvgIpc) is 3.13. The van der Waals surface area contributed by atoms with Gasteiger partial charge < -0.3 is 5.32 Å². The minimum absolute atomic E-state index is 0.0496. The van der Waals surface area contributed by atoms with Crippen molar-refractivity contribution >= 4 is 56.7 Å². The third kappa shape index (κ3) is 5.00. The van der Waals surface area contributed by atoms with Crippen LogP contribution >= 0.6 is 34.9 Å². The molecule has 3 aromatic rings. The van der Waals surface area contributed by atoms with E-state index in [9.17, 15) is 18.4 Å². The molecule has 0 aliphatic rings. The van der Waals surface area contributed by atoms with Gasteiger partial charge in [0.25, 0.3) is 11.3 Å². The molecule has 0 saturated heterocycles. The maximum atomic E-state index is 12.6. The number of carbonyl (C=O) groups is 1. The van der Waals surface area contributed by atoms with E-state index in [0.29, 0.717) is 44.3 Å². The summed E-state index contributed by atoms with van der Waals surface area (Å²) in [5, 5.41) is 5.49. The lowest BCUT2D eigenvalue weighted by atomic mass is 10.3. The predicted octanol–water partition coefficient (Wildman–Crippen LogP) is 4.69. The van der Waals surface area contributed by atoms with E-state index in [1.807, 2.05) is 0 Å². The number of benzene rings is 1. The molecule has 0 spiro atoms. The van der Waals surface area contributed by atoms with Gasteiger partial charge in [0, 0.05) is 17.1 Å². The lowest BCUT2D eigenvalue weighted by molar-refractivity contribution is -0.113. The first-order valence-electron chi connectivity index (χ1n) is 8.04. The second kappa shape index (κ2) is 9.35. The van der Waals surface area contributed by atoms with Gasteiger partial charge in [-0.2, -0.15) is 8.78 Å². The molecule has 146 valence electrons. The summed E-state index contributed by atoms with van der Waals surface area (Å²) in [6, 6.07) is 7.90. The van der Waals surface area contributed by atoms with Crippen LogP contribution in [-0.4, -0.2) is 27.0 Å². The first-order valence-corrected chi connectivity index (χ1v) is 10.8. The molecule has 0 unspecified atom stereocenters. The molecule has 28 heavy (non-hydrogen) atoms. The Kier molecular flexibility index (Phi) is 6.87. The maximum Gasteiger partial charge on any atom is 0.288 e. The van der Waals surface area contributed by atoms with E-state index in [-0.39, 0.29) is 17.2 Å². The van der Waals surface area contributed by atoms with Crippen LogP contribution in [0.4, 0.5) is 14.5 Å². The van der Waals surface area contributed by atoms with Crippen molar-refractivity contribution in [3.8, 4) is 0 Å². The first-order chi connectivity index (χ1) is 13.5. The van der Waals surface area contributed by atoms with Gasteiger partial charge in [-0.1, -0.05) is 29.6 Å². The van der Waals surface area contributed by atoms with Gasteiger partial charge >= 0.3 is 0 Å². The fraction of sp³-hybridized carbons (Fsp3) is 0.167. The molecular formula is C18H15F2N3O2S3. The number of thioether (sulfide) groups is 2. The van der Waals surface area contributed by atoms with Crippen LogP contribution in [-0.2, 0) is 11.3 Å². The maximum absolute atomic E-state index is 12.6. The Labute approximate surface area is 171 Å². The van der Waals surface area contributed by atoms with Crippen molar-refractivity contribution in [1.82, 2.24) is 9.55 Å². The van der Waals surface area contributed by atoms with Gasteiger partial charge in [-0.25, -0.2) is 4.98 Å². The van der Waals surface area contributed by atoms with Crippen LogP contribution < -0.4 is 10.9 Å². The number of anilines is 1. The van der Waals surface area contributed by atoms with Crippen LogP contribution in [0.2, 0.25) is 0 Å². The second-order valence-corrected chi connectivity index (χ2v) is 8.38. The highest BCUT2D eigenvalue weighted by Gasteiger charge is 2.13. The average molecular weight is 440 g/mol. The number of rotatable bonds is 8. The van der Waals surface area contributed by atoms with Gasteiger partial charge in [0.15, 0.2) is 5.16 Å². The Morgan fingerprint density at radius 1 is 1.32 bits per heavy atom. The largest absolute Gasteiger partial charge is 0.325 e. The topological polar surface area (TPSA) is 64.0 Å². The number of hydrogen-bond donors (Lipinski definition) is 1. The third-order valence-corrected chi connectivity index (χ3v) is 6.06. The number of allylic oxidation sites excluding steroid dienone is 1. The van der Waals surface area contributed by atoms with Gasteiger partial charge in [-0.15, -0.1) is 17.9 Å². The van der Waals surface area contributed by atoms with E-state index in [1.54, 1.807) is 29.7 Å². The number of nitrogens with one attached hydrogen (secondary N) is 1. The summed E-state index contributed by atoms with van der Waals surface area (Å²) in [5.41, 5.74) is 0.343. The van der Waals surface area contributed by atoms with E-state index < -0.39 is 5.76 Å². The van der Waals surface area contributed by atoms with Gasteiger partial charge in [-0.3, -0.25) is 14.2 Å².